The summed E-state index contributed by atoms with van der Waals surface area (Å²) in [6.07, 6.45) is 3.46. The van der Waals surface area contributed by atoms with Gasteiger partial charge in [0.2, 0.25) is 0 Å². The fourth-order valence-corrected chi connectivity index (χ4v) is 2.45. The lowest BCUT2D eigenvalue weighted by molar-refractivity contribution is -0.116. The van der Waals surface area contributed by atoms with Crippen LogP contribution in [0.2, 0.25) is 0 Å². The summed E-state index contributed by atoms with van der Waals surface area (Å²) in [6, 6.07) is 0. The molecule has 5 nitrogen and oxygen atoms in total. The number of carbonyl (C=O) groups is 1. The molecule has 0 saturated carbocycles. The molecule has 76 valence electrons. The third-order valence-corrected chi connectivity index (χ3v) is 3.13. The van der Waals surface area contributed by atoms with Crippen molar-refractivity contribution in [2.45, 2.75) is 6.17 Å². The number of aliphatic imine (C=N–C) groups is 1. The Morgan fingerprint density at radius 3 is 3.29 bits per heavy atom. The van der Waals surface area contributed by atoms with Gasteiger partial charge in [0.05, 0.1) is 6.17 Å². The maximum absolute atomic E-state index is 11.1. The molecular weight excluding hydrogens is 200 g/mol. The Morgan fingerprint density at radius 2 is 2.64 bits per heavy atom. The number of nitrogens with two attached hydrogens (primary N) is 1. The van der Waals surface area contributed by atoms with Gasteiger partial charge in [0.1, 0.15) is 12.4 Å². The highest BCUT2D eigenvalue weighted by atomic mass is 32.2. The molecule has 1 atom stereocenters. The van der Waals surface area contributed by atoms with E-state index in [4.69, 9.17) is 5.73 Å². The molecule has 2 aliphatic rings. The van der Waals surface area contributed by atoms with E-state index in [9.17, 15) is 4.79 Å². The fraction of sp³-hybridized carbons (Fsp3) is 0.500. The first-order valence-electron chi connectivity index (χ1n) is 4.37. The van der Waals surface area contributed by atoms with E-state index in [2.05, 4.69) is 10.3 Å². The number of primary amides is 1. The molecule has 0 aromatic rings. The second-order valence-corrected chi connectivity index (χ2v) is 4.12. The van der Waals surface area contributed by atoms with E-state index < -0.39 is 5.91 Å². The minimum atomic E-state index is -0.394. The molecule has 0 radical (unpaired) electrons. The second kappa shape index (κ2) is 4.02. The molecule has 3 N–H and O–H groups in total. The third kappa shape index (κ3) is 1.76. The van der Waals surface area contributed by atoms with Gasteiger partial charge in [-0.1, -0.05) is 0 Å². The third-order valence-electron chi connectivity index (χ3n) is 2.21. The Balaban J connectivity index is 2.14. The first kappa shape index (κ1) is 9.54. The van der Waals surface area contributed by atoms with E-state index in [0.29, 0.717) is 12.4 Å². The number of amides is 1. The van der Waals surface area contributed by atoms with Crippen molar-refractivity contribution in [2.75, 3.05) is 18.3 Å². The van der Waals surface area contributed by atoms with Crippen molar-refractivity contribution in [3.8, 4) is 0 Å². The SMILES string of the molecule is NC(=O)C1=CC=NCN1C1CSCN1. The summed E-state index contributed by atoms with van der Waals surface area (Å²) < 4.78 is 0. The Bertz CT molecular complexity index is 296. The van der Waals surface area contributed by atoms with Crippen LogP contribution in [0.1, 0.15) is 0 Å². The van der Waals surface area contributed by atoms with Crippen LogP contribution >= 0.6 is 11.8 Å². The average molecular weight is 212 g/mol. The van der Waals surface area contributed by atoms with Crippen molar-refractivity contribution in [1.82, 2.24) is 10.2 Å². The lowest BCUT2D eigenvalue weighted by Gasteiger charge is -2.30. The number of thioether (sulfide) groups is 1. The van der Waals surface area contributed by atoms with Gasteiger partial charge in [-0.05, 0) is 6.08 Å². The van der Waals surface area contributed by atoms with Crippen molar-refractivity contribution in [2.24, 2.45) is 10.7 Å². The minimum Gasteiger partial charge on any atom is -0.364 e. The Labute approximate surface area is 86.4 Å². The van der Waals surface area contributed by atoms with Crippen molar-refractivity contribution in [1.29, 1.82) is 0 Å². The lowest BCUT2D eigenvalue weighted by Crippen LogP contribution is -2.46. The van der Waals surface area contributed by atoms with E-state index in [1.165, 1.54) is 0 Å². The van der Waals surface area contributed by atoms with Crippen LogP contribution in [0, 0.1) is 0 Å². The maximum atomic E-state index is 11.1. The smallest absolute Gasteiger partial charge is 0.265 e. The molecule has 0 aromatic heterocycles. The lowest BCUT2D eigenvalue weighted by atomic mass is 10.3. The van der Waals surface area contributed by atoms with Crippen LogP contribution in [-0.4, -0.2) is 41.5 Å². The first-order valence-corrected chi connectivity index (χ1v) is 5.52. The number of hydrogen-bond donors (Lipinski definition) is 2. The molecule has 0 aliphatic carbocycles. The molecule has 1 amide bonds. The summed E-state index contributed by atoms with van der Waals surface area (Å²) in [4.78, 5) is 17.1. The second-order valence-electron chi connectivity index (χ2n) is 3.09. The zero-order chi connectivity index (χ0) is 9.97. The topological polar surface area (TPSA) is 70.7 Å². The van der Waals surface area contributed by atoms with Gasteiger partial charge in [0.25, 0.3) is 5.91 Å². The molecule has 1 unspecified atom stereocenters. The fourth-order valence-electron chi connectivity index (χ4n) is 1.51. The number of carbonyl (C=O) groups excluding carboxylic acids is 1. The highest BCUT2D eigenvalue weighted by Crippen LogP contribution is 2.18. The van der Waals surface area contributed by atoms with Gasteiger partial charge in [0.15, 0.2) is 0 Å². The molecule has 0 aromatic carbocycles. The Kier molecular flexibility index (Phi) is 2.74. The molecule has 2 rings (SSSR count). The number of rotatable bonds is 2. The van der Waals surface area contributed by atoms with Crippen LogP contribution in [0.5, 0.6) is 0 Å². The molecule has 1 saturated heterocycles. The molecule has 1 fully saturated rings. The normalized spacial score (nSPS) is 26.4. The monoisotopic (exact) mass is 212 g/mol. The van der Waals surface area contributed by atoms with Gasteiger partial charge in [-0.3, -0.25) is 15.1 Å². The average Bonchev–Trinajstić information content (AvgIpc) is 2.70. The van der Waals surface area contributed by atoms with E-state index in [-0.39, 0.29) is 6.17 Å². The van der Waals surface area contributed by atoms with Gasteiger partial charge in [-0.15, -0.1) is 11.8 Å². The van der Waals surface area contributed by atoms with Crippen molar-refractivity contribution in [3.05, 3.63) is 11.8 Å². The molecular formula is C8H12N4OS. The van der Waals surface area contributed by atoms with Crippen LogP contribution in [0.4, 0.5) is 0 Å². The van der Waals surface area contributed by atoms with E-state index >= 15 is 0 Å². The maximum Gasteiger partial charge on any atom is 0.265 e. The van der Waals surface area contributed by atoms with E-state index in [1.54, 1.807) is 24.1 Å². The van der Waals surface area contributed by atoms with E-state index in [1.807, 2.05) is 4.90 Å². The molecule has 6 heteroatoms. The number of nitrogens with one attached hydrogen (secondary N) is 1. The Hall–Kier alpha value is -1.01. The summed E-state index contributed by atoms with van der Waals surface area (Å²) in [5.74, 6) is 1.48. The van der Waals surface area contributed by atoms with Gasteiger partial charge in [-0.25, -0.2) is 0 Å². The minimum absolute atomic E-state index is 0.177. The van der Waals surface area contributed by atoms with Gasteiger partial charge in [0, 0.05) is 17.8 Å². The number of hydrogen-bond acceptors (Lipinski definition) is 5. The zero-order valence-corrected chi connectivity index (χ0v) is 8.46. The highest BCUT2D eigenvalue weighted by Gasteiger charge is 2.27. The van der Waals surface area contributed by atoms with Crippen molar-refractivity contribution in [3.63, 3.8) is 0 Å². The van der Waals surface area contributed by atoms with Gasteiger partial charge >= 0.3 is 0 Å². The predicted molar refractivity (Wildman–Crippen MR) is 56.7 cm³/mol. The largest absolute Gasteiger partial charge is 0.364 e. The van der Waals surface area contributed by atoms with Crippen LogP contribution in [0.15, 0.2) is 16.8 Å². The number of nitrogens with zero attached hydrogens (tertiary/aromatic N) is 2. The summed E-state index contributed by atoms with van der Waals surface area (Å²) in [6.45, 7) is 0.507. The molecule has 2 aliphatic heterocycles. The number of allylic oxidation sites excluding steroid dienone is 1. The van der Waals surface area contributed by atoms with Gasteiger partial charge in [-0.2, -0.15) is 0 Å². The molecule has 0 bridgehead atoms. The van der Waals surface area contributed by atoms with Gasteiger partial charge < -0.3 is 10.6 Å². The summed E-state index contributed by atoms with van der Waals surface area (Å²) >= 11 is 1.81. The van der Waals surface area contributed by atoms with E-state index in [0.717, 1.165) is 11.6 Å². The highest BCUT2D eigenvalue weighted by molar-refractivity contribution is 7.99. The van der Waals surface area contributed by atoms with Crippen LogP contribution in [0.25, 0.3) is 0 Å². The summed E-state index contributed by atoms with van der Waals surface area (Å²) in [5, 5.41) is 3.28. The molecule has 14 heavy (non-hydrogen) atoms. The quantitative estimate of drug-likeness (QED) is 0.636. The van der Waals surface area contributed by atoms with Crippen LogP contribution in [0.3, 0.4) is 0 Å². The zero-order valence-electron chi connectivity index (χ0n) is 7.64. The summed E-state index contributed by atoms with van der Waals surface area (Å²) in [7, 11) is 0. The summed E-state index contributed by atoms with van der Waals surface area (Å²) in [5.41, 5.74) is 5.82. The predicted octanol–water partition coefficient (Wildman–Crippen LogP) is -0.681. The van der Waals surface area contributed by atoms with Crippen molar-refractivity contribution < 1.29 is 4.79 Å². The standard InChI is InChI=1S/C8H12N4OS/c9-8(13)6-1-2-10-4-12(6)7-3-14-5-11-7/h1-2,7,11H,3-5H2,(H2,9,13). The van der Waals surface area contributed by atoms with Crippen LogP contribution < -0.4 is 11.1 Å². The van der Waals surface area contributed by atoms with Crippen LogP contribution in [-0.2, 0) is 4.79 Å². The molecule has 0 spiro atoms. The molecule has 2 heterocycles. The Morgan fingerprint density at radius 1 is 1.79 bits per heavy atom. The first-order chi connectivity index (χ1) is 6.79. The van der Waals surface area contributed by atoms with Crippen molar-refractivity contribution >= 4 is 23.9 Å².